The average molecular weight is 375 g/mol. The number of carbonyl (C=O) groups is 1. The fourth-order valence-electron chi connectivity index (χ4n) is 3.28. The van der Waals surface area contributed by atoms with Gasteiger partial charge in [0, 0.05) is 31.8 Å². The van der Waals surface area contributed by atoms with Gasteiger partial charge >= 0.3 is 0 Å². The molecule has 1 aliphatic heterocycles. The van der Waals surface area contributed by atoms with Gasteiger partial charge in [0.25, 0.3) is 0 Å². The molecule has 4 nitrogen and oxygen atoms in total. The van der Waals surface area contributed by atoms with Crippen LogP contribution in [0, 0.1) is 5.41 Å². The van der Waals surface area contributed by atoms with Gasteiger partial charge in [-0.2, -0.15) is 0 Å². The molecule has 0 atom stereocenters. The lowest BCUT2D eigenvalue weighted by Gasteiger charge is -2.41. The summed E-state index contributed by atoms with van der Waals surface area (Å²) in [6.07, 6.45) is 1.36. The van der Waals surface area contributed by atoms with E-state index < -0.39 is 5.41 Å². The second-order valence-electron chi connectivity index (χ2n) is 7.23. The van der Waals surface area contributed by atoms with Gasteiger partial charge in [-0.05, 0) is 42.5 Å². The zero-order valence-electron chi connectivity index (χ0n) is 14.7. The van der Waals surface area contributed by atoms with Crippen LogP contribution in [0.25, 0.3) is 0 Å². The second kappa shape index (κ2) is 8.52. The van der Waals surface area contributed by atoms with Gasteiger partial charge in [-0.25, -0.2) is 0 Å². The molecule has 0 spiro atoms. The normalized spacial score (nSPS) is 17.0. The van der Waals surface area contributed by atoms with E-state index in [1.807, 2.05) is 36.2 Å². The Morgan fingerprint density at radius 1 is 1.38 bits per heavy atom. The number of nitrogens with zero attached hydrogens (tertiary/aromatic N) is 1. The third kappa shape index (κ3) is 4.63. The van der Waals surface area contributed by atoms with Gasteiger partial charge in [0.15, 0.2) is 0 Å². The summed E-state index contributed by atoms with van der Waals surface area (Å²) in [4.78, 5) is 15.1. The number of benzene rings is 1. The minimum Gasteiger partial charge on any atom is -0.381 e. The number of likely N-dealkylation sites (N-methyl/N-ethyl adjacent to an activating group) is 1. The third-order valence-electron chi connectivity index (χ3n) is 4.70. The lowest BCUT2D eigenvalue weighted by Crippen LogP contribution is -2.51. The Morgan fingerprint density at radius 2 is 2.00 bits per heavy atom. The van der Waals surface area contributed by atoms with E-state index in [4.69, 9.17) is 22.1 Å². The number of nitrogens with two attached hydrogens (primary N) is 1. The number of halogens is 2. The summed E-state index contributed by atoms with van der Waals surface area (Å²) in [7, 11) is 1.86. The molecule has 2 N–H and O–H groups in total. The van der Waals surface area contributed by atoms with Crippen molar-refractivity contribution in [3.63, 3.8) is 0 Å². The quantitative estimate of drug-likeness (QED) is 0.860. The highest BCUT2D eigenvalue weighted by Crippen LogP contribution is 2.38. The van der Waals surface area contributed by atoms with E-state index in [0.717, 1.165) is 5.56 Å². The van der Waals surface area contributed by atoms with Crippen LogP contribution in [0.15, 0.2) is 24.3 Å². The van der Waals surface area contributed by atoms with E-state index in [2.05, 4.69) is 13.8 Å². The SMILES string of the molecule is CN(CC(C)(C)CN)C(=O)C1(c2cccc(Cl)c2)CCOCC1.Cl. The molecular weight excluding hydrogens is 347 g/mol. The van der Waals surface area contributed by atoms with Crippen LogP contribution < -0.4 is 5.73 Å². The highest BCUT2D eigenvalue weighted by Gasteiger charge is 2.44. The molecule has 1 aromatic carbocycles. The maximum Gasteiger partial charge on any atom is 0.233 e. The fraction of sp³-hybridized carbons (Fsp3) is 0.611. The Morgan fingerprint density at radius 3 is 2.54 bits per heavy atom. The van der Waals surface area contributed by atoms with Gasteiger partial charge in [-0.3, -0.25) is 4.79 Å². The van der Waals surface area contributed by atoms with E-state index in [0.29, 0.717) is 44.2 Å². The molecule has 6 heteroatoms. The highest BCUT2D eigenvalue weighted by atomic mass is 35.5. The Bertz CT molecular complexity index is 558. The minimum absolute atomic E-state index is 0. The van der Waals surface area contributed by atoms with Gasteiger partial charge in [-0.15, -0.1) is 12.4 Å². The number of rotatable bonds is 5. The molecule has 1 fully saturated rings. The van der Waals surface area contributed by atoms with Crippen molar-refractivity contribution >= 4 is 29.9 Å². The van der Waals surface area contributed by atoms with Crippen molar-refractivity contribution in [3.8, 4) is 0 Å². The molecule has 0 bridgehead atoms. The van der Waals surface area contributed by atoms with Crippen molar-refractivity contribution in [2.75, 3.05) is 33.4 Å². The van der Waals surface area contributed by atoms with Gasteiger partial charge in [0.05, 0.1) is 5.41 Å². The van der Waals surface area contributed by atoms with Crippen LogP contribution >= 0.6 is 24.0 Å². The number of carbonyl (C=O) groups excluding carboxylic acids is 1. The zero-order valence-corrected chi connectivity index (χ0v) is 16.3. The molecule has 0 radical (unpaired) electrons. The molecule has 1 aliphatic rings. The Labute approximate surface area is 156 Å². The van der Waals surface area contributed by atoms with Crippen LogP contribution in [0.5, 0.6) is 0 Å². The lowest BCUT2D eigenvalue weighted by atomic mass is 9.72. The van der Waals surface area contributed by atoms with E-state index >= 15 is 0 Å². The van der Waals surface area contributed by atoms with Crippen LogP contribution in [0.4, 0.5) is 0 Å². The first-order valence-electron chi connectivity index (χ1n) is 8.10. The summed E-state index contributed by atoms with van der Waals surface area (Å²) in [6.45, 7) is 6.50. The molecule has 1 saturated heterocycles. The maximum absolute atomic E-state index is 13.3. The van der Waals surface area contributed by atoms with Crippen molar-refractivity contribution in [2.24, 2.45) is 11.1 Å². The molecule has 1 aromatic rings. The van der Waals surface area contributed by atoms with Gasteiger partial charge in [-0.1, -0.05) is 37.6 Å². The zero-order chi connectivity index (χ0) is 17.1. The number of ether oxygens (including phenoxy) is 1. The third-order valence-corrected chi connectivity index (χ3v) is 4.93. The number of amides is 1. The Balaban J connectivity index is 0.00000288. The summed E-state index contributed by atoms with van der Waals surface area (Å²) >= 11 is 6.17. The summed E-state index contributed by atoms with van der Waals surface area (Å²) < 4.78 is 5.50. The maximum atomic E-state index is 13.3. The molecular formula is C18H28Cl2N2O2. The standard InChI is InChI=1S/C18H27ClN2O2.ClH/c1-17(2,12-20)13-21(3)16(22)18(7-9-23-10-8-18)14-5-4-6-15(19)11-14;/h4-6,11H,7-10,12-13,20H2,1-3H3;1H. The van der Waals surface area contributed by atoms with E-state index in [1.54, 1.807) is 0 Å². The topological polar surface area (TPSA) is 55.6 Å². The molecule has 2 rings (SSSR count). The smallest absolute Gasteiger partial charge is 0.233 e. The minimum atomic E-state index is -0.553. The van der Waals surface area contributed by atoms with Gasteiger partial charge in [0.1, 0.15) is 0 Å². The summed E-state index contributed by atoms with van der Waals surface area (Å²) in [5.74, 6) is 0.129. The highest BCUT2D eigenvalue weighted by molar-refractivity contribution is 6.30. The predicted molar refractivity (Wildman–Crippen MR) is 101 cm³/mol. The van der Waals surface area contributed by atoms with Crippen molar-refractivity contribution in [1.82, 2.24) is 4.90 Å². The predicted octanol–water partition coefficient (Wildman–Crippen LogP) is 3.25. The van der Waals surface area contributed by atoms with Crippen LogP contribution in [0.2, 0.25) is 5.02 Å². The monoisotopic (exact) mass is 374 g/mol. The summed E-state index contributed by atoms with van der Waals surface area (Å²) in [5, 5.41) is 0.658. The molecule has 0 saturated carbocycles. The average Bonchev–Trinajstić information content (AvgIpc) is 2.54. The number of hydrogen-bond donors (Lipinski definition) is 1. The van der Waals surface area contributed by atoms with Crippen LogP contribution in [0.3, 0.4) is 0 Å². The summed E-state index contributed by atoms with van der Waals surface area (Å²) in [6, 6.07) is 7.65. The Hall–Kier alpha value is -0.810. The van der Waals surface area contributed by atoms with Crippen molar-refractivity contribution in [1.29, 1.82) is 0 Å². The van der Waals surface area contributed by atoms with E-state index in [1.165, 1.54) is 0 Å². The molecule has 1 heterocycles. The van der Waals surface area contributed by atoms with Crippen molar-refractivity contribution < 1.29 is 9.53 Å². The Kier molecular flexibility index (Phi) is 7.54. The summed E-state index contributed by atoms with van der Waals surface area (Å²) in [5.41, 5.74) is 6.14. The van der Waals surface area contributed by atoms with Crippen molar-refractivity contribution in [3.05, 3.63) is 34.9 Å². The van der Waals surface area contributed by atoms with Crippen molar-refractivity contribution in [2.45, 2.75) is 32.1 Å². The number of hydrogen-bond acceptors (Lipinski definition) is 3. The molecule has 1 amide bonds. The lowest BCUT2D eigenvalue weighted by molar-refractivity contribution is -0.141. The van der Waals surface area contributed by atoms with Gasteiger partial charge < -0.3 is 15.4 Å². The fourth-order valence-corrected chi connectivity index (χ4v) is 3.47. The van der Waals surface area contributed by atoms with Gasteiger partial charge in [0.2, 0.25) is 5.91 Å². The molecule has 0 unspecified atom stereocenters. The first-order valence-corrected chi connectivity index (χ1v) is 8.48. The molecule has 0 aromatic heterocycles. The largest absolute Gasteiger partial charge is 0.381 e. The second-order valence-corrected chi connectivity index (χ2v) is 7.67. The van der Waals surface area contributed by atoms with Crippen LogP contribution in [-0.2, 0) is 14.9 Å². The van der Waals surface area contributed by atoms with Crippen LogP contribution in [-0.4, -0.2) is 44.2 Å². The molecule has 0 aliphatic carbocycles. The molecule has 136 valence electrons. The van der Waals surface area contributed by atoms with Crippen LogP contribution in [0.1, 0.15) is 32.3 Å². The van der Waals surface area contributed by atoms with E-state index in [-0.39, 0.29) is 23.7 Å². The first kappa shape index (κ1) is 21.2. The van der Waals surface area contributed by atoms with E-state index in [9.17, 15) is 4.79 Å². The molecule has 24 heavy (non-hydrogen) atoms. The first-order chi connectivity index (χ1) is 10.8.